The van der Waals surface area contributed by atoms with Crippen LogP contribution in [0.5, 0.6) is 0 Å². The fourth-order valence-electron chi connectivity index (χ4n) is 0.597. The van der Waals surface area contributed by atoms with Crippen LogP contribution in [0.25, 0.3) is 6.20 Å². The molecule has 0 saturated heterocycles. The summed E-state index contributed by atoms with van der Waals surface area (Å²) in [4.78, 5) is 21.5. The highest BCUT2D eigenvalue weighted by molar-refractivity contribution is 5.89. The van der Waals surface area contributed by atoms with Gasteiger partial charge in [0, 0.05) is 13.2 Å². The standard InChI is InChI=1S/C6H8N4O2/c1-5(11)3-4-10-6(12)9(2)7-8-10/h3-4H,1-2H3/b4-3+. The van der Waals surface area contributed by atoms with E-state index in [1.54, 1.807) is 0 Å². The molecule has 0 aliphatic carbocycles. The van der Waals surface area contributed by atoms with E-state index in [1.165, 1.54) is 26.2 Å². The zero-order valence-electron chi connectivity index (χ0n) is 6.76. The Morgan fingerprint density at radius 3 is 2.58 bits per heavy atom. The maximum absolute atomic E-state index is 11.0. The Kier molecular flexibility index (Phi) is 2.18. The van der Waals surface area contributed by atoms with Crippen LogP contribution in [0.1, 0.15) is 6.92 Å². The second-order valence-corrected chi connectivity index (χ2v) is 2.26. The smallest absolute Gasteiger partial charge is 0.295 e. The molecule has 0 radical (unpaired) electrons. The molecule has 0 amide bonds. The lowest BCUT2D eigenvalue weighted by atomic mass is 10.4. The molecular formula is C6H8N4O2. The molecule has 1 aromatic heterocycles. The summed E-state index contributed by atoms with van der Waals surface area (Å²) < 4.78 is 2.06. The average Bonchev–Trinajstić information content (AvgIpc) is 2.30. The summed E-state index contributed by atoms with van der Waals surface area (Å²) in [5, 5.41) is 6.91. The van der Waals surface area contributed by atoms with Gasteiger partial charge in [-0.25, -0.2) is 4.79 Å². The zero-order chi connectivity index (χ0) is 9.14. The number of carbonyl (C=O) groups excluding carboxylic acids is 1. The highest BCUT2D eigenvalue weighted by Gasteiger charge is 1.97. The molecule has 1 aromatic rings. The lowest BCUT2D eigenvalue weighted by Gasteiger charge is -1.82. The predicted octanol–water partition coefficient (Wildman–Crippen LogP) is -0.964. The molecule has 0 N–H and O–H groups in total. The largest absolute Gasteiger partial charge is 0.367 e. The number of aromatic nitrogens is 4. The molecule has 64 valence electrons. The summed E-state index contributed by atoms with van der Waals surface area (Å²) >= 11 is 0. The lowest BCUT2D eigenvalue weighted by Crippen LogP contribution is -2.19. The van der Waals surface area contributed by atoms with Crippen LogP contribution in [-0.2, 0) is 11.8 Å². The minimum atomic E-state index is -0.382. The van der Waals surface area contributed by atoms with E-state index in [1.807, 2.05) is 0 Å². The number of hydrogen-bond acceptors (Lipinski definition) is 4. The predicted molar refractivity (Wildman–Crippen MR) is 41.3 cm³/mol. The van der Waals surface area contributed by atoms with E-state index in [0.29, 0.717) is 0 Å². The maximum Gasteiger partial charge on any atom is 0.367 e. The zero-order valence-corrected chi connectivity index (χ0v) is 6.76. The molecule has 1 rings (SSSR count). The molecule has 0 aliphatic heterocycles. The van der Waals surface area contributed by atoms with Gasteiger partial charge in [-0.3, -0.25) is 4.79 Å². The molecular weight excluding hydrogens is 160 g/mol. The minimum Gasteiger partial charge on any atom is -0.295 e. The number of tetrazole rings is 1. The van der Waals surface area contributed by atoms with Crippen molar-refractivity contribution in [1.29, 1.82) is 0 Å². The van der Waals surface area contributed by atoms with Crippen LogP contribution in [0, 0.1) is 0 Å². The van der Waals surface area contributed by atoms with Crippen molar-refractivity contribution in [1.82, 2.24) is 19.8 Å². The Labute approximate surface area is 68.1 Å². The van der Waals surface area contributed by atoms with E-state index in [2.05, 4.69) is 10.4 Å². The Bertz CT molecular complexity index is 373. The molecule has 12 heavy (non-hydrogen) atoms. The van der Waals surface area contributed by atoms with Gasteiger partial charge in [0.05, 0.1) is 0 Å². The van der Waals surface area contributed by atoms with Gasteiger partial charge in [-0.15, -0.1) is 0 Å². The molecule has 0 bridgehead atoms. The molecule has 0 aromatic carbocycles. The Morgan fingerprint density at radius 2 is 2.17 bits per heavy atom. The van der Waals surface area contributed by atoms with Gasteiger partial charge in [-0.1, -0.05) is 0 Å². The number of nitrogens with zero attached hydrogens (tertiary/aromatic N) is 4. The van der Waals surface area contributed by atoms with Crippen molar-refractivity contribution >= 4 is 12.0 Å². The first-order valence-corrected chi connectivity index (χ1v) is 3.28. The van der Waals surface area contributed by atoms with E-state index in [-0.39, 0.29) is 11.5 Å². The van der Waals surface area contributed by atoms with E-state index in [9.17, 15) is 9.59 Å². The highest BCUT2D eigenvalue weighted by Crippen LogP contribution is 1.77. The van der Waals surface area contributed by atoms with Crippen LogP contribution in [0.4, 0.5) is 0 Å². The summed E-state index contributed by atoms with van der Waals surface area (Å²) in [6.07, 6.45) is 2.52. The maximum atomic E-state index is 11.0. The Morgan fingerprint density at radius 1 is 1.50 bits per heavy atom. The third-order valence-corrected chi connectivity index (χ3v) is 1.19. The van der Waals surface area contributed by atoms with E-state index in [4.69, 9.17) is 0 Å². The van der Waals surface area contributed by atoms with Crippen LogP contribution >= 0.6 is 0 Å². The van der Waals surface area contributed by atoms with Crippen LogP contribution in [0.2, 0.25) is 0 Å². The molecule has 0 spiro atoms. The molecule has 0 unspecified atom stereocenters. The van der Waals surface area contributed by atoms with Crippen molar-refractivity contribution in [2.24, 2.45) is 7.05 Å². The van der Waals surface area contributed by atoms with Crippen LogP contribution in [0.3, 0.4) is 0 Å². The van der Waals surface area contributed by atoms with Crippen LogP contribution < -0.4 is 5.69 Å². The summed E-state index contributed by atoms with van der Waals surface area (Å²) in [5.74, 6) is -0.146. The molecule has 6 heteroatoms. The normalized spacial score (nSPS) is 10.8. The Hall–Kier alpha value is -1.72. The first-order valence-electron chi connectivity index (χ1n) is 3.28. The van der Waals surface area contributed by atoms with Crippen LogP contribution in [-0.4, -0.2) is 25.6 Å². The molecule has 0 aliphatic rings. The summed E-state index contributed by atoms with van der Waals surface area (Å²) in [6, 6.07) is 0. The highest BCUT2D eigenvalue weighted by atomic mass is 16.2. The topological polar surface area (TPSA) is 69.8 Å². The monoisotopic (exact) mass is 168 g/mol. The van der Waals surface area contributed by atoms with Crippen molar-refractivity contribution in [3.8, 4) is 0 Å². The van der Waals surface area contributed by atoms with E-state index < -0.39 is 0 Å². The molecule has 0 atom stereocenters. The minimum absolute atomic E-state index is 0.146. The number of hydrogen-bond donors (Lipinski definition) is 0. The fourth-order valence-corrected chi connectivity index (χ4v) is 0.597. The van der Waals surface area contributed by atoms with Crippen molar-refractivity contribution in [2.75, 3.05) is 0 Å². The molecule has 0 fully saturated rings. The van der Waals surface area contributed by atoms with Gasteiger partial charge in [0.15, 0.2) is 5.78 Å². The van der Waals surface area contributed by atoms with Gasteiger partial charge in [0.25, 0.3) is 0 Å². The lowest BCUT2D eigenvalue weighted by molar-refractivity contribution is -0.112. The van der Waals surface area contributed by atoms with Gasteiger partial charge in [-0.2, -0.15) is 9.36 Å². The van der Waals surface area contributed by atoms with Crippen molar-refractivity contribution in [2.45, 2.75) is 6.92 Å². The summed E-state index contributed by atoms with van der Waals surface area (Å²) in [5.41, 5.74) is -0.382. The summed E-state index contributed by atoms with van der Waals surface area (Å²) in [6.45, 7) is 1.39. The second kappa shape index (κ2) is 3.12. The van der Waals surface area contributed by atoms with E-state index >= 15 is 0 Å². The Balaban J connectivity index is 2.98. The number of ketones is 1. The SMILES string of the molecule is CC(=O)/C=C/n1nnn(C)c1=O. The fraction of sp³-hybridized carbons (Fsp3) is 0.333. The third-order valence-electron chi connectivity index (χ3n) is 1.19. The average molecular weight is 168 g/mol. The van der Waals surface area contributed by atoms with Crippen molar-refractivity contribution in [3.63, 3.8) is 0 Å². The first kappa shape index (κ1) is 8.38. The van der Waals surface area contributed by atoms with Crippen molar-refractivity contribution < 1.29 is 4.79 Å². The number of rotatable bonds is 2. The van der Waals surface area contributed by atoms with Gasteiger partial charge < -0.3 is 0 Å². The van der Waals surface area contributed by atoms with Gasteiger partial charge in [0.1, 0.15) is 0 Å². The third kappa shape index (κ3) is 1.66. The van der Waals surface area contributed by atoms with Gasteiger partial charge >= 0.3 is 5.69 Å². The molecule has 1 heterocycles. The van der Waals surface area contributed by atoms with Gasteiger partial charge in [0.2, 0.25) is 0 Å². The van der Waals surface area contributed by atoms with Crippen molar-refractivity contribution in [3.05, 3.63) is 16.6 Å². The molecule has 6 nitrogen and oxygen atoms in total. The molecule has 0 saturated carbocycles. The first-order chi connectivity index (χ1) is 5.61. The second-order valence-electron chi connectivity index (χ2n) is 2.26. The van der Waals surface area contributed by atoms with Gasteiger partial charge in [-0.05, 0) is 23.4 Å². The number of allylic oxidation sites excluding steroid dienone is 1. The number of carbonyl (C=O) groups is 1. The van der Waals surface area contributed by atoms with Crippen LogP contribution in [0.15, 0.2) is 10.9 Å². The summed E-state index contributed by atoms with van der Waals surface area (Å²) in [7, 11) is 1.48. The quantitative estimate of drug-likeness (QED) is 0.533. The number of aryl methyl sites for hydroxylation is 1. The van der Waals surface area contributed by atoms with E-state index in [0.717, 1.165) is 9.36 Å².